The molecule has 0 aromatic heterocycles. The minimum atomic E-state index is 0.465. The molecule has 0 amide bonds. The van der Waals surface area contributed by atoms with Gasteiger partial charge in [-0.3, -0.25) is 0 Å². The second-order valence-electron chi connectivity index (χ2n) is 5.92. The molecule has 0 bridgehead atoms. The largest absolute Gasteiger partial charge is 0.368 e. The third-order valence-corrected chi connectivity index (χ3v) is 4.03. The number of halogens is 1. The molecule has 0 radical (unpaired) electrons. The zero-order valence-corrected chi connectivity index (χ0v) is 14.8. The molecular weight excluding hydrogens is 280 g/mol. The molecule has 0 saturated heterocycles. The van der Waals surface area contributed by atoms with Crippen LogP contribution in [0.15, 0.2) is 18.2 Å². The Hall–Kier alpha value is -0.730. The van der Waals surface area contributed by atoms with Crippen LogP contribution >= 0.6 is 11.6 Å². The van der Waals surface area contributed by atoms with Crippen LogP contribution in [0.5, 0.6) is 0 Å². The molecule has 0 saturated carbocycles. The normalized spacial score (nSPS) is 11.1. The lowest BCUT2D eigenvalue weighted by Gasteiger charge is -2.32. The van der Waals surface area contributed by atoms with E-state index >= 15 is 0 Å². The Morgan fingerprint density at radius 1 is 1.14 bits per heavy atom. The average Bonchev–Trinajstić information content (AvgIpc) is 2.45. The van der Waals surface area contributed by atoms with Crippen LogP contribution in [0.2, 0.25) is 5.02 Å². The van der Waals surface area contributed by atoms with E-state index in [0.717, 1.165) is 31.1 Å². The van der Waals surface area contributed by atoms with Gasteiger partial charge in [0.05, 0.1) is 10.7 Å². The first-order valence-electron chi connectivity index (χ1n) is 8.36. The van der Waals surface area contributed by atoms with Crippen LogP contribution in [0.25, 0.3) is 0 Å². The minimum absolute atomic E-state index is 0.465. The second-order valence-corrected chi connectivity index (χ2v) is 6.33. The number of benzene rings is 1. The number of para-hydroxylation sites is 1. The number of nitrogens with one attached hydrogen (secondary N) is 1. The van der Waals surface area contributed by atoms with Gasteiger partial charge in [0.25, 0.3) is 0 Å². The fourth-order valence-corrected chi connectivity index (χ4v) is 2.89. The highest BCUT2D eigenvalue weighted by atomic mass is 35.5. The average molecular weight is 311 g/mol. The molecule has 0 unspecified atom stereocenters. The van der Waals surface area contributed by atoms with Crippen molar-refractivity contribution >= 4 is 17.3 Å². The Balaban J connectivity index is 2.93. The fraction of sp³-hybridized carbons (Fsp3) is 0.667. The number of hydrogen-bond acceptors (Lipinski definition) is 2. The molecule has 0 spiro atoms. The van der Waals surface area contributed by atoms with Gasteiger partial charge in [-0.25, -0.2) is 0 Å². The van der Waals surface area contributed by atoms with Crippen LogP contribution in [-0.4, -0.2) is 19.1 Å². The lowest BCUT2D eigenvalue weighted by Crippen LogP contribution is -2.33. The second kappa shape index (κ2) is 10.1. The summed E-state index contributed by atoms with van der Waals surface area (Å²) in [5.74, 6) is 0. The molecule has 0 atom stereocenters. The van der Waals surface area contributed by atoms with Gasteiger partial charge in [0.15, 0.2) is 0 Å². The molecule has 3 heteroatoms. The van der Waals surface area contributed by atoms with E-state index in [1.165, 1.54) is 30.5 Å². The van der Waals surface area contributed by atoms with Gasteiger partial charge in [0.2, 0.25) is 0 Å². The fourth-order valence-electron chi connectivity index (χ4n) is 2.58. The van der Waals surface area contributed by atoms with E-state index in [0.29, 0.717) is 6.04 Å². The molecule has 1 N–H and O–H groups in total. The van der Waals surface area contributed by atoms with Gasteiger partial charge < -0.3 is 10.2 Å². The molecule has 2 nitrogen and oxygen atoms in total. The maximum absolute atomic E-state index is 6.52. The van der Waals surface area contributed by atoms with Gasteiger partial charge in [-0.15, -0.1) is 0 Å². The SMILES string of the molecule is CCCCCN(c1c(Cl)cccc1CNCCC)C(C)C. The van der Waals surface area contributed by atoms with Crippen LogP contribution in [0.4, 0.5) is 5.69 Å². The van der Waals surface area contributed by atoms with Gasteiger partial charge in [-0.05, 0) is 44.9 Å². The number of rotatable bonds is 10. The molecule has 1 rings (SSSR count). The summed E-state index contributed by atoms with van der Waals surface area (Å²) < 4.78 is 0. The van der Waals surface area contributed by atoms with Gasteiger partial charge in [0.1, 0.15) is 0 Å². The maximum Gasteiger partial charge on any atom is 0.0643 e. The third-order valence-electron chi connectivity index (χ3n) is 3.73. The molecule has 0 heterocycles. The van der Waals surface area contributed by atoms with E-state index in [1.54, 1.807) is 0 Å². The number of unbranched alkanes of at least 4 members (excludes halogenated alkanes) is 2. The van der Waals surface area contributed by atoms with E-state index in [1.807, 2.05) is 6.07 Å². The predicted molar refractivity (Wildman–Crippen MR) is 95.5 cm³/mol. The highest BCUT2D eigenvalue weighted by molar-refractivity contribution is 6.33. The van der Waals surface area contributed by atoms with Crippen molar-refractivity contribution in [1.29, 1.82) is 0 Å². The highest BCUT2D eigenvalue weighted by Gasteiger charge is 2.17. The van der Waals surface area contributed by atoms with Crippen molar-refractivity contribution < 1.29 is 0 Å². The first kappa shape index (κ1) is 18.3. The van der Waals surface area contributed by atoms with E-state index in [9.17, 15) is 0 Å². The summed E-state index contributed by atoms with van der Waals surface area (Å²) in [6, 6.07) is 6.72. The molecular formula is C18H31ClN2. The Morgan fingerprint density at radius 3 is 2.52 bits per heavy atom. The lowest BCUT2D eigenvalue weighted by molar-refractivity contribution is 0.618. The number of nitrogens with zero attached hydrogens (tertiary/aromatic N) is 1. The van der Waals surface area contributed by atoms with Crippen LogP contribution in [0.3, 0.4) is 0 Å². The molecule has 21 heavy (non-hydrogen) atoms. The van der Waals surface area contributed by atoms with Crippen molar-refractivity contribution in [3.63, 3.8) is 0 Å². The van der Waals surface area contributed by atoms with Crippen molar-refractivity contribution in [3.8, 4) is 0 Å². The van der Waals surface area contributed by atoms with Crippen LogP contribution in [-0.2, 0) is 6.54 Å². The molecule has 0 aliphatic carbocycles. The van der Waals surface area contributed by atoms with E-state index in [4.69, 9.17) is 11.6 Å². The third kappa shape index (κ3) is 5.88. The molecule has 0 fully saturated rings. The molecule has 0 aliphatic rings. The van der Waals surface area contributed by atoms with Crippen molar-refractivity contribution in [2.75, 3.05) is 18.0 Å². The quantitative estimate of drug-likeness (QED) is 0.594. The molecule has 1 aromatic carbocycles. The first-order valence-corrected chi connectivity index (χ1v) is 8.74. The van der Waals surface area contributed by atoms with Gasteiger partial charge in [-0.1, -0.05) is 50.4 Å². The number of anilines is 1. The Bertz CT molecular complexity index is 404. The zero-order valence-electron chi connectivity index (χ0n) is 14.1. The van der Waals surface area contributed by atoms with E-state index < -0.39 is 0 Å². The summed E-state index contributed by atoms with van der Waals surface area (Å²) in [5, 5.41) is 4.37. The smallest absolute Gasteiger partial charge is 0.0643 e. The lowest BCUT2D eigenvalue weighted by atomic mass is 10.1. The molecule has 1 aromatic rings. The van der Waals surface area contributed by atoms with Crippen molar-refractivity contribution in [2.45, 2.75) is 66.0 Å². The first-order chi connectivity index (χ1) is 10.1. The molecule has 0 aliphatic heterocycles. The minimum Gasteiger partial charge on any atom is -0.368 e. The van der Waals surface area contributed by atoms with E-state index in [2.05, 4.69) is 50.0 Å². The number of hydrogen-bond donors (Lipinski definition) is 1. The van der Waals surface area contributed by atoms with Crippen molar-refractivity contribution in [2.24, 2.45) is 0 Å². The van der Waals surface area contributed by atoms with Gasteiger partial charge in [0, 0.05) is 19.1 Å². The highest BCUT2D eigenvalue weighted by Crippen LogP contribution is 2.31. The predicted octanol–water partition coefficient (Wildman–Crippen LogP) is 5.24. The molecule has 120 valence electrons. The summed E-state index contributed by atoms with van der Waals surface area (Å²) in [6.07, 6.45) is 4.90. The maximum atomic E-state index is 6.52. The standard InChI is InChI=1S/C18H31ClN2/c1-5-7-8-13-21(15(3)4)18-16(14-20-12-6-2)10-9-11-17(18)19/h9-11,15,20H,5-8,12-14H2,1-4H3. The van der Waals surface area contributed by atoms with Gasteiger partial charge >= 0.3 is 0 Å². The summed E-state index contributed by atoms with van der Waals surface area (Å²) >= 11 is 6.52. The van der Waals surface area contributed by atoms with Gasteiger partial charge in [-0.2, -0.15) is 0 Å². The Kier molecular flexibility index (Phi) is 8.79. The van der Waals surface area contributed by atoms with Crippen LogP contribution in [0, 0.1) is 0 Å². The topological polar surface area (TPSA) is 15.3 Å². The summed E-state index contributed by atoms with van der Waals surface area (Å²) in [4.78, 5) is 2.46. The zero-order chi connectivity index (χ0) is 15.7. The Labute approximate surface area is 135 Å². The Morgan fingerprint density at radius 2 is 1.90 bits per heavy atom. The van der Waals surface area contributed by atoms with Crippen LogP contribution in [0.1, 0.15) is 58.9 Å². The van der Waals surface area contributed by atoms with Crippen molar-refractivity contribution in [1.82, 2.24) is 5.32 Å². The van der Waals surface area contributed by atoms with Crippen LogP contribution < -0.4 is 10.2 Å². The summed E-state index contributed by atoms with van der Waals surface area (Å²) in [5.41, 5.74) is 2.52. The summed E-state index contributed by atoms with van der Waals surface area (Å²) in [7, 11) is 0. The monoisotopic (exact) mass is 310 g/mol. The summed E-state index contributed by atoms with van der Waals surface area (Å²) in [6.45, 7) is 11.9. The van der Waals surface area contributed by atoms with E-state index in [-0.39, 0.29) is 0 Å². The van der Waals surface area contributed by atoms with Crippen molar-refractivity contribution in [3.05, 3.63) is 28.8 Å².